The second-order valence-corrected chi connectivity index (χ2v) is 5.46. The van der Waals surface area contributed by atoms with Crippen LogP contribution in [-0.4, -0.2) is 28.6 Å². The molecule has 1 N–H and O–H groups in total. The van der Waals surface area contributed by atoms with E-state index in [0.717, 1.165) is 38.8 Å². The summed E-state index contributed by atoms with van der Waals surface area (Å²) in [6.07, 6.45) is 4.29. The van der Waals surface area contributed by atoms with Crippen molar-refractivity contribution in [2.45, 2.75) is 38.3 Å². The minimum atomic E-state index is -0.642. The molecule has 3 nitrogen and oxygen atoms in total. The molecule has 0 saturated heterocycles. The first-order valence-corrected chi connectivity index (χ1v) is 6.79. The van der Waals surface area contributed by atoms with Crippen LogP contribution in [-0.2, 0) is 17.8 Å². The zero-order valence-corrected chi connectivity index (χ0v) is 10.5. The monoisotopic (exact) mass is 245 g/mol. The van der Waals surface area contributed by atoms with E-state index in [1.54, 1.807) is 0 Å². The van der Waals surface area contributed by atoms with Gasteiger partial charge in [0, 0.05) is 6.54 Å². The number of benzene rings is 1. The molecule has 1 saturated carbocycles. The smallest absolute Gasteiger partial charge is 0.321 e. The molecule has 3 rings (SSSR count). The van der Waals surface area contributed by atoms with E-state index in [4.69, 9.17) is 0 Å². The van der Waals surface area contributed by atoms with E-state index in [1.165, 1.54) is 11.1 Å². The second-order valence-electron chi connectivity index (χ2n) is 5.46. The average molecular weight is 245 g/mol. The molecule has 0 aromatic heterocycles. The van der Waals surface area contributed by atoms with Gasteiger partial charge in [0.25, 0.3) is 0 Å². The number of rotatable bonds is 3. The van der Waals surface area contributed by atoms with Crippen molar-refractivity contribution in [1.82, 2.24) is 4.90 Å². The molecule has 1 aliphatic heterocycles. The van der Waals surface area contributed by atoms with Gasteiger partial charge < -0.3 is 5.11 Å². The van der Waals surface area contributed by atoms with Crippen molar-refractivity contribution in [2.24, 2.45) is 5.92 Å². The predicted octanol–water partition coefficient (Wildman–Crippen LogP) is 2.30. The topological polar surface area (TPSA) is 40.5 Å². The van der Waals surface area contributed by atoms with E-state index in [0.29, 0.717) is 5.92 Å². The van der Waals surface area contributed by atoms with Gasteiger partial charge in [-0.3, -0.25) is 9.69 Å². The zero-order valence-electron chi connectivity index (χ0n) is 10.5. The van der Waals surface area contributed by atoms with Gasteiger partial charge in [0.15, 0.2) is 0 Å². The lowest BCUT2D eigenvalue weighted by Gasteiger charge is -2.27. The molecule has 1 heterocycles. The van der Waals surface area contributed by atoms with Gasteiger partial charge in [0.2, 0.25) is 0 Å². The molecule has 1 fully saturated rings. The number of aryl methyl sites for hydroxylation is 1. The Labute approximate surface area is 107 Å². The number of fused-ring (bicyclic) bond motifs is 1. The van der Waals surface area contributed by atoms with Crippen molar-refractivity contribution in [2.75, 3.05) is 6.54 Å². The van der Waals surface area contributed by atoms with Gasteiger partial charge in [-0.05, 0) is 49.3 Å². The summed E-state index contributed by atoms with van der Waals surface area (Å²) >= 11 is 0. The van der Waals surface area contributed by atoms with Gasteiger partial charge in [-0.1, -0.05) is 24.3 Å². The molecule has 0 bridgehead atoms. The molecule has 1 aromatic rings. The lowest BCUT2D eigenvalue weighted by molar-refractivity contribution is -0.144. The van der Waals surface area contributed by atoms with Crippen LogP contribution in [0.3, 0.4) is 0 Å². The number of aliphatic carboxylic acids is 1. The highest BCUT2D eigenvalue weighted by Crippen LogP contribution is 2.37. The molecule has 3 heteroatoms. The van der Waals surface area contributed by atoms with Crippen molar-refractivity contribution in [3.8, 4) is 0 Å². The lowest BCUT2D eigenvalue weighted by atomic mass is 10.0. The fourth-order valence-electron chi connectivity index (χ4n) is 3.03. The molecule has 0 spiro atoms. The Morgan fingerprint density at radius 2 is 2.00 bits per heavy atom. The number of hydrogen-bond donors (Lipinski definition) is 1. The standard InChI is InChI=1S/C15H19NO2/c17-15(18)14(12-7-8-12)16-9-3-6-11-4-1-2-5-13(11)10-16/h1-2,4-5,12,14H,3,6-10H2,(H,17,18). The summed E-state index contributed by atoms with van der Waals surface area (Å²) in [6.45, 7) is 1.70. The van der Waals surface area contributed by atoms with Gasteiger partial charge in [-0.2, -0.15) is 0 Å². The molecular weight excluding hydrogens is 226 g/mol. The summed E-state index contributed by atoms with van der Waals surface area (Å²) in [6, 6.07) is 8.17. The van der Waals surface area contributed by atoms with Crippen LogP contribution >= 0.6 is 0 Å². The molecule has 1 aromatic carbocycles. The second kappa shape index (κ2) is 4.73. The quantitative estimate of drug-likeness (QED) is 0.888. The highest BCUT2D eigenvalue weighted by atomic mass is 16.4. The Kier molecular flexibility index (Phi) is 3.08. The summed E-state index contributed by atoms with van der Waals surface area (Å²) in [4.78, 5) is 13.6. The van der Waals surface area contributed by atoms with E-state index in [1.807, 2.05) is 0 Å². The molecule has 0 amide bonds. The summed E-state index contributed by atoms with van der Waals surface area (Å²) < 4.78 is 0. The molecule has 18 heavy (non-hydrogen) atoms. The van der Waals surface area contributed by atoms with E-state index in [9.17, 15) is 9.90 Å². The highest BCUT2D eigenvalue weighted by molar-refractivity contribution is 5.74. The number of hydrogen-bond acceptors (Lipinski definition) is 2. The third kappa shape index (κ3) is 2.27. The van der Waals surface area contributed by atoms with Crippen LogP contribution < -0.4 is 0 Å². The normalized spacial score (nSPS) is 22.0. The van der Waals surface area contributed by atoms with Crippen molar-refractivity contribution >= 4 is 5.97 Å². The summed E-state index contributed by atoms with van der Waals surface area (Å²) in [5, 5.41) is 9.43. The Bertz CT molecular complexity index is 454. The number of carbonyl (C=O) groups is 1. The first-order chi connectivity index (χ1) is 8.75. The van der Waals surface area contributed by atoms with Crippen LogP contribution in [0.25, 0.3) is 0 Å². The Hall–Kier alpha value is -1.35. The number of nitrogens with zero attached hydrogens (tertiary/aromatic N) is 1. The van der Waals surface area contributed by atoms with E-state index in [2.05, 4.69) is 29.2 Å². The highest BCUT2D eigenvalue weighted by Gasteiger charge is 2.40. The molecule has 96 valence electrons. The lowest BCUT2D eigenvalue weighted by Crippen LogP contribution is -2.42. The third-order valence-electron chi connectivity index (χ3n) is 4.10. The van der Waals surface area contributed by atoms with Crippen LogP contribution in [0.15, 0.2) is 24.3 Å². The minimum absolute atomic E-state index is 0.267. The van der Waals surface area contributed by atoms with Crippen molar-refractivity contribution in [1.29, 1.82) is 0 Å². The van der Waals surface area contributed by atoms with Gasteiger partial charge in [0.05, 0.1) is 0 Å². The van der Waals surface area contributed by atoms with Crippen molar-refractivity contribution < 1.29 is 9.90 Å². The largest absolute Gasteiger partial charge is 0.480 e. The van der Waals surface area contributed by atoms with Crippen LogP contribution in [0.1, 0.15) is 30.4 Å². The van der Waals surface area contributed by atoms with Gasteiger partial charge in [0.1, 0.15) is 6.04 Å². The Balaban J connectivity index is 1.83. The number of carboxylic acid groups (broad SMARTS) is 1. The van der Waals surface area contributed by atoms with Crippen LogP contribution in [0.4, 0.5) is 0 Å². The van der Waals surface area contributed by atoms with Crippen molar-refractivity contribution in [3.63, 3.8) is 0 Å². The van der Waals surface area contributed by atoms with Gasteiger partial charge in [-0.25, -0.2) is 0 Å². The van der Waals surface area contributed by atoms with E-state index < -0.39 is 5.97 Å². The molecule has 1 unspecified atom stereocenters. The SMILES string of the molecule is O=C(O)C(C1CC1)N1CCCc2ccccc2C1. The molecule has 1 atom stereocenters. The van der Waals surface area contributed by atoms with E-state index >= 15 is 0 Å². The molecule has 2 aliphatic rings. The van der Waals surface area contributed by atoms with Crippen LogP contribution in [0, 0.1) is 5.92 Å². The zero-order chi connectivity index (χ0) is 12.5. The van der Waals surface area contributed by atoms with Gasteiger partial charge >= 0.3 is 5.97 Å². The first kappa shape index (κ1) is 11.7. The maximum Gasteiger partial charge on any atom is 0.321 e. The summed E-state index contributed by atoms with van der Waals surface area (Å²) in [5.41, 5.74) is 2.70. The summed E-state index contributed by atoms with van der Waals surface area (Å²) in [5.74, 6) is -0.260. The van der Waals surface area contributed by atoms with Crippen LogP contribution in [0.2, 0.25) is 0 Å². The van der Waals surface area contributed by atoms with Gasteiger partial charge in [-0.15, -0.1) is 0 Å². The average Bonchev–Trinajstić information content (AvgIpc) is 3.15. The fourth-order valence-corrected chi connectivity index (χ4v) is 3.03. The predicted molar refractivity (Wildman–Crippen MR) is 69.3 cm³/mol. The molecular formula is C15H19NO2. The van der Waals surface area contributed by atoms with Crippen LogP contribution in [0.5, 0.6) is 0 Å². The minimum Gasteiger partial charge on any atom is -0.480 e. The first-order valence-electron chi connectivity index (χ1n) is 6.79. The van der Waals surface area contributed by atoms with E-state index in [-0.39, 0.29) is 6.04 Å². The Morgan fingerprint density at radius 1 is 1.28 bits per heavy atom. The molecule has 0 radical (unpaired) electrons. The summed E-state index contributed by atoms with van der Waals surface area (Å²) in [7, 11) is 0. The fraction of sp³-hybridized carbons (Fsp3) is 0.533. The maximum absolute atomic E-state index is 11.5. The maximum atomic E-state index is 11.5. The Morgan fingerprint density at radius 3 is 2.67 bits per heavy atom. The molecule has 1 aliphatic carbocycles. The van der Waals surface area contributed by atoms with Crippen molar-refractivity contribution in [3.05, 3.63) is 35.4 Å². The third-order valence-corrected chi connectivity index (χ3v) is 4.10. The number of carboxylic acids is 1.